The Kier molecular flexibility index (Phi) is 5.45. The van der Waals surface area contributed by atoms with Crippen molar-refractivity contribution in [3.8, 4) is 5.75 Å². The Balaban J connectivity index is 2.20. The molecule has 1 aromatic rings. The van der Waals surface area contributed by atoms with Gasteiger partial charge in [0.1, 0.15) is 17.4 Å². The summed E-state index contributed by atoms with van der Waals surface area (Å²) in [5.41, 5.74) is 0.134. The summed E-state index contributed by atoms with van der Waals surface area (Å²) in [5, 5.41) is 10.8. The molecule has 1 heterocycles. The molecule has 160 valence electrons. The quantitative estimate of drug-likeness (QED) is 0.760. The van der Waals surface area contributed by atoms with E-state index in [0.29, 0.717) is 11.3 Å². The second-order valence-corrected chi connectivity index (χ2v) is 8.61. The van der Waals surface area contributed by atoms with Crippen molar-refractivity contribution in [2.24, 2.45) is 11.3 Å². The highest BCUT2D eigenvalue weighted by Crippen LogP contribution is 2.45. The molecule has 3 rings (SSSR count). The number of aliphatic hydroxyl groups is 1. The number of carbonyl (C=O) groups excluding carboxylic acids is 4. The SMILES string of the molecule is COc1ccc(C(C2=C(O)CC(C)(C)CC2=O)C2C(=O)N(C)C(=O)N(C)C2=O)cc1. The Morgan fingerprint density at radius 3 is 2.00 bits per heavy atom. The van der Waals surface area contributed by atoms with Gasteiger partial charge in [-0.3, -0.25) is 24.2 Å². The molecule has 0 saturated carbocycles. The number of nitrogens with zero attached hydrogens (tertiary/aromatic N) is 2. The van der Waals surface area contributed by atoms with Crippen LogP contribution in [0.3, 0.4) is 0 Å². The van der Waals surface area contributed by atoms with Gasteiger partial charge in [0.05, 0.1) is 7.11 Å². The minimum atomic E-state index is -1.34. The van der Waals surface area contributed by atoms with Gasteiger partial charge in [-0.15, -0.1) is 0 Å². The molecule has 0 aromatic heterocycles. The molecule has 1 fully saturated rings. The van der Waals surface area contributed by atoms with E-state index in [2.05, 4.69) is 0 Å². The van der Waals surface area contributed by atoms with Crippen LogP contribution in [-0.4, -0.2) is 59.7 Å². The molecule has 1 N–H and O–H groups in total. The molecule has 30 heavy (non-hydrogen) atoms. The predicted molar refractivity (Wildman–Crippen MR) is 108 cm³/mol. The summed E-state index contributed by atoms with van der Waals surface area (Å²) in [7, 11) is 4.11. The molecule has 1 unspecified atom stereocenters. The minimum Gasteiger partial charge on any atom is -0.512 e. The number of aliphatic hydroxyl groups excluding tert-OH is 1. The van der Waals surface area contributed by atoms with Crippen LogP contribution in [0.2, 0.25) is 0 Å². The molecule has 4 amide bonds. The topological polar surface area (TPSA) is 104 Å². The number of allylic oxidation sites excluding steroid dienone is 2. The third-order valence-corrected chi connectivity index (χ3v) is 5.78. The third-order valence-electron chi connectivity index (χ3n) is 5.78. The first-order valence-electron chi connectivity index (χ1n) is 9.66. The van der Waals surface area contributed by atoms with Gasteiger partial charge >= 0.3 is 6.03 Å². The first kappa shape index (κ1) is 21.5. The summed E-state index contributed by atoms with van der Waals surface area (Å²) in [6, 6.07) is 5.91. The fraction of sp³-hybridized carbons (Fsp3) is 0.455. The third kappa shape index (κ3) is 3.58. The van der Waals surface area contributed by atoms with Crippen LogP contribution in [0.15, 0.2) is 35.6 Å². The van der Waals surface area contributed by atoms with Crippen molar-refractivity contribution >= 4 is 23.6 Å². The lowest BCUT2D eigenvalue weighted by atomic mass is 9.69. The number of hydrogen-bond acceptors (Lipinski definition) is 6. The highest BCUT2D eigenvalue weighted by molar-refractivity contribution is 6.17. The van der Waals surface area contributed by atoms with Crippen LogP contribution < -0.4 is 4.74 Å². The Morgan fingerprint density at radius 1 is 1.00 bits per heavy atom. The maximum absolute atomic E-state index is 13.1. The molecule has 0 spiro atoms. The van der Waals surface area contributed by atoms with Crippen molar-refractivity contribution in [3.05, 3.63) is 41.2 Å². The number of carbonyl (C=O) groups is 4. The number of rotatable bonds is 4. The first-order valence-corrected chi connectivity index (χ1v) is 9.66. The number of ether oxygens (including phenoxy) is 1. The van der Waals surface area contributed by atoms with E-state index in [1.807, 2.05) is 13.8 Å². The lowest BCUT2D eigenvalue weighted by Crippen LogP contribution is -2.58. The van der Waals surface area contributed by atoms with Crippen molar-refractivity contribution < 1.29 is 29.0 Å². The van der Waals surface area contributed by atoms with Gasteiger partial charge in [0.15, 0.2) is 5.78 Å². The largest absolute Gasteiger partial charge is 0.512 e. The van der Waals surface area contributed by atoms with Crippen LogP contribution in [0.4, 0.5) is 4.79 Å². The average Bonchev–Trinajstić information content (AvgIpc) is 2.68. The van der Waals surface area contributed by atoms with Crippen molar-refractivity contribution in [3.63, 3.8) is 0 Å². The van der Waals surface area contributed by atoms with E-state index in [0.717, 1.165) is 9.80 Å². The van der Waals surface area contributed by atoms with Crippen molar-refractivity contribution in [1.29, 1.82) is 0 Å². The smallest absolute Gasteiger partial charge is 0.332 e. The standard InChI is InChI=1S/C22H26N2O6/c1-22(2)10-14(25)17(15(26)11-22)16(12-6-8-13(30-5)9-7-12)18-19(27)23(3)21(29)24(4)20(18)28/h6-9,16,18,25H,10-11H2,1-5H3. The van der Waals surface area contributed by atoms with E-state index >= 15 is 0 Å². The number of benzene rings is 1. The van der Waals surface area contributed by atoms with E-state index in [1.54, 1.807) is 24.3 Å². The Bertz CT molecular complexity index is 923. The molecule has 8 heteroatoms. The molecule has 8 nitrogen and oxygen atoms in total. The Morgan fingerprint density at radius 2 is 1.53 bits per heavy atom. The second kappa shape index (κ2) is 7.59. The van der Waals surface area contributed by atoms with Crippen LogP contribution in [0.25, 0.3) is 0 Å². The Hall–Kier alpha value is -3.16. The van der Waals surface area contributed by atoms with Crippen LogP contribution in [0, 0.1) is 11.3 Å². The number of methoxy groups -OCH3 is 1. The van der Waals surface area contributed by atoms with Gasteiger partial charge in [0.25, 0.3) is 0 Å². The molecule has 1 aromatic carbocycles. The molecule has 0 bridgehead atoms. The van der Waals surface area contributed by atoms with Gasteiger partial charge in [-0.2, -0.15) is 0 Å². The van der Waals surface area contributed by atoms with E-state index < -0.39 is 35.1 Å². The number of ketones is 1. The summed E-state index contributed by atoms with van der Waals surface area (Å²) >= 11 is 0. The number of amides is 4. The maximum atomic E-state index is 13.1. The average molecular weight is 414 g/mol. The van der Waals surface area contributed by atoms with Gasteiger partial charge in [0, 0.05) is 38.4 Å². The molecule has 2 aliphatic rings. The molecule has 1 saturated heterocycles. The van der Waals surface area contributed by atoms with Gasteiger partial charge in [0.2, 0.25) is 11.8 Å². The van der Waals surface area contributed by atoms with Crippen LogP contribution >= 0.6 is 0 Å². The lowest BCUT2D eigenvalue weighted by Gasteiger charge is -2.39. The van der Waals surface area contributed by atoms with E-state index in [-0.39, 0.29) is 30.0 Å². The van der Waals surface area contributed by atoms with Crippen LogP contribution in [-0.2, 0) is 14.4 Å². The van der Waals surface area contributed by atoms with Gasteiger partial charge in [-0.05, 0) is 23.1 Å². The van der Waals surface area contributed by atoms with Gasteiger partial charge < -0.3 is 9.84 Å². The summed E-state index contributed by atoms with van der Waals surface area (Å²) in [6.07, 6.45) is 0.430. The molecular weight excluding hydrogens is 388 g/mol. The summed E-state index contributed by atoms with van der Waals surface area (Å²) in [5.74, 6) is -3.64. The van der Waals surface area contributed by atoms with Crippen LogP contribution in [0.5, 0.6) is 5.75 Å². The molecule has 0 radical (unpaired) electrons. The summed E-state index contributed by atoms with van der Waals surface area (Å²) in [4.78, 5) is 53.1. The number of barbiturate groups is 1. The van der Waals surface area contributed by atoms with E-state index in [9.17, 15) is 24.3 Å². The van der Waals surface area contributed by atoms with E-state index in [1.165, 1.54) is 21.2 Å². The Labute approximate surface area is 175 Å². The maximum Gasteiger partial charge on any atom is 0.332 e. The number of imide groups is 2. The fourth-order valence-electron chi connectivity index (χ4n) is 4.21. The minimum absolute atomic E-state index is 0.0577. The molecule has 1 aliphatic carbocycles. The number of urea groups is 1. The zero-order chi connectivity index (χ0) is 22.4. The summed E-state index contributed by atoms with van der Waals surface area (Å²) < 4.78 is 5.18. The lowest BCUT2D eigenvalue weighted by molar-refractivity contribution is -0.148. The first-order chi connectivity index (χ1) is 14.0. The highest BCUT2D eigenvalue weighted by atomic mass is 16.5. The summed E-state index contributed by atoms with van der Waals surface area (Å²) in [6.45, 7) is 3.74. The van der Waals surface area contributed by atoms with Crippen molar-refractivity contribution in [2.45, 2.75) is 32.6 Å². The highest BCUT2D eigenvalue weighted by Gasteiger charge is 2.50. The molecule has 1 atom stereocenters. The predicted octanol–water partition coefficient (Wildman–Crippen LogP) is 2.65. The normalized spacial score (nSPS) is 21.4. The number of Topliss-reactive ketones (excluding diaryl/α,β-unsaturated/α-hetero) is 1. The number of hydrogen-bond donors (Lipinski definition) is 1. The molecule has 1 aliphatic heterocycles. The monoisotopic (exact) mass is 414 g/mol. The zero-order valence-electron chi connectivity index (χ0n) is 17.8. The van der Waals surface area contributed by atoms with Gasteiger partial charge in [-0.25, -0.2) is 4.79 Å². The van der Waals surface area contributed by atoms with Crippen molar-refractivity contribution in [1.82, 2.24) is 9.80 Å². The second-order valence-electron chi connectivity index (χ2n) is 8.61. The van der Waals surface area contributed by atoms with Gasteiger partial charge in [-0.1, -0.05) is 26.0 Å². The van der Waals surface area contributed by atoms with E-state index in [4.69, 9.17) is 4.74 Å². The fourth-order valence-corrected chi connectivity index (χ4v) is 4.21. The van der Waals surface area contributed by atoms with Crippen LogP contribution in [0.1, 0.15) is 38.2 Å². The molecular formula is C22H26N2O6. The zero-order valence-corrected chi connectivity index (χ0v) is 17.8. The van der Waals surface area contributed by atoms with Crippen molar-refractivity contribution in [2.75, 3.05) is 21.2 Å².